The summed E-state index contributed by atoms with van der Waals surface area (Å²) in [5, 5.41) is 6.19. The van der Waals surface area contributed by atoms with Crippen molar-refractivity contribution < 1.29 is 14.3 Å². The number of amides is 1. The molecule has 2 N–H and O–H groups in total. The lowest BCUT2D eigenvalue weighted by atomic mass is 10.1. The van der Waals surface area contributed by atoms with E-state index < -0.39 is 0 Å². The fourth-order valence-corrected chi connectivity index (χ4v) is 2.17. The van der Waals surface area contributed by atoms with Crippen LogP contribution in [0.3, 0.4) is 0 Å². The Morgan fingerprint density at radius 3 is 2.88 bits per heavy atom. The van der Waals surface area contributed by atoms with Gasteiger partial charge in [0.2, 0.25) is 5.91 Å². The minimum Gasteiger partial charge on any atom is -0.379 e. The van der Waals surface area contributed by atoms with Crippen LogP contribution in [0.15, 0.2) is 0 Å². The number of morpholine rings is 1. The highest BCUT2D eigenvalue weighted by Gasteiger charge is 2.29. The molecule has 2 aliphatic heterocycles. The van der Waals surface area contributed by atoms with Gasteiger partial charge in [-0.15, -0.1) is 12.4 Å². The highest BCUT2D eigenvalue weighted by atomic mass is 35.5. The van der Waals surface area contributed by atoms with Gasteiger partial charge < -0.3 is 20.1 Å². The molecule has 0 spiro atoms. The Morgan fingerprint density at radius 1 is 1.41 bits per heavy atom. The number of rotatable bonds is 2. The molecule has 2 fully saturated rings. The van der Waals surface area contributed by atoms with Crippen molar-refractivity contribution in [3.63, 3.8) is 0 Å². The van der Waals surface area contributed by atoms with Gasteiger partial charge in [0, 0.05) is 13.2 Å². The van der Waals surface area contributed by atoms with Crippen molar-refractivity contribution in [2.24, 2.45) is 0 Å². The van der Waals surface area contributed by atoms with Gasteiger partial charge in [0.15, 0.2) is 0 Å². The molecule has 17 heavy (non-hydrogen) atoms. The molecule has 0 aliphatic carbocycles. The first-order valence-corrected chi connectivity index (χ1v) is 6.00. The average molecular weight is 265 g/mol. The van der Waals surface area contributed by atoms with Gasteiger partial charge in [-0.1, -0.05) is 0 Å². The van der Waals surface area contributed by atoms with Crippen molar-refractivity contribution in [1.82, 2.24) is 10.6 Å². The minimum absolute atomic E-state index is 0. The number of nitrogens with one attached hydrogen (secondary N) is 2. The van der Waals surface area contributed by atoms with Gasteiger partial charge in [-0.25, -0.2) is 0 Å². The topological polar surface area (TPSA) is 59.6 Å². The molecular formula is C11H21ClN2O3. The molecule has 0 aromatic rings. The normalized spacial score (nSPS) is 33.6. The van der Waals surface area contributed by atoms with Gasteiger partial charge in [-0.3, -0.25) is 4.79 Å². The maximum atomic E-state index is 12.0. The third-order valence-corrected chi connectivity index (χ3v) is 3.11. The SMILES string of the molecule is C[C@H]1OCCN[C@@H]1C(=O)NC1CCCOC1.Cl. The molecule has 0 radical (unpaired) electrons. The highest BCUT2D eigenvalue weighted by Crippen LogP contribution is 2.08. The van der Waals surface area contributed by atoms with E-state index in [4.69, 9.17) is 9.47 Å². The zero-order chi connectivity index (χ0) is 11.4. The summed E-state index contributed by atoms with van der Waals surface area (Å²) in [6.07, 6.45) is 1.97. The molecule has 0 saturated carbocycles. The molecule has 1 amide bonds. The van der Waals surface area contributed by atoms with E-state index in [2.05, 4.69) is 10.6 Å². The zero-order valence-electron chi connectivity index (χ0n) is 10.1. The van der Waals surface area contributed by atoms with Crippen LogP contribution in [0.25, 0.3) is 0 Å². The molecule has 100 valence electrons. The molecule has 0 bridgehead atoms. The predicted octanol–water partition coefficient (Wildman–Crippen LogP) is 0.0803. The van der Waals surface area contributed by atoms with E-state index in [-0.39, 0.29) is 36.5 Å². The van der Waals surface area contributed by atoms with Crippen LogP contribution in [-0.4, -0.2) is 50.5 Å². The second kappa shape index (κ2) is 7.16. The van der Waals surface area contributed by atoms with Crippen molar-refractivity contribution in [2.45, 2.75) is 38.0 Å². The lowest BCUT2D eigenvalue weighted by Crippen LogP contribution is -2.57. The Hall–Kier alpha value is -0.360. The summed E-state index contributed by atoms with van der Waals surface area (Å²) in [4.78, 5) is 12.0. The van der Waals surface area contributed by atoms with Gasteiger partial charge in [0.25, 0.3) is 0 Å². The highest BCUT2D eigenvalue weighted by molar-refractivity contribution is 5.85. The average Bonchev–Trinajstić information content (AvgIpc) is 2.31. The fraction of sp³-hybridized carbons (Fsp3) is 0.909. The van der Waals surface area contributed by atoms with E-state index in [1.165, 1.54) is 0 Å². The molecule has 0 aromatic heterocycles. The summed E-state index contributed by atoms with van der Waals surface area (Å²) in [5.41, 5.74) is 0. The Kier molecular flexibility index (Phi) is 6.19. The maximum Gasteiger partial charge on any atom is 0.240 e. The van der Waals surface area contributed by atoms with Gasteiger partial charge in [0.05, 0.1) is 25.4 Å². The zero-order valence-corrected chi connectivity index (χ0v) is 10.9. The van der Waals surface area contributed by atoms with Crippen LogP contribution in [0.5, 0.6) is 0 Å². The van der Waals surface area contributed by atoms with Crippen LogP contribution in [0.2, 0.25) is 0 Å². The Bertz CT molecular complexity index is 247. The second-order valence-corrected chi connectivity index (χ2v) is 4.43. The van der Waals surface area contributed by atoms with Crippen molar-refractivity contribution in [2.75, 3.05) is 26.4 Å². The summed E-state index contributed by atoms with van der Waals surface area (Å²) in [6.45, 7) is 4.79. The number of hydrogen-bond acceptors (Lipinski definition) is 4. The maximum absolute atomic E-state index is 12.0. The van der Waals surface area contributed by atoms with Crippen LogP contribution in [0.4, 0.5) is 0 Å². The van der Waals surface area contributed by atoms with Crippen LogP contribution < -0.4 is 10.6 Å². The minimum atomic E-state index is -0.226. The Labute approximate surface area is 108 Å². The number of ether oxygens (including phenoxy) is 2. The largest absolute Gasteiger partial charge is 0.379 e. The van der Waals surface area contributed by atoms with Gasteiger partial charge in [-0.2, -0.15) is 0 Å². The molecule has 2 aliphatic rings. The van der Waals surface area contributed by atoms with E-state index >= 15 is 0 Å². The summed E-state index contributed by atoms with van der Waals surface area (Å²) < 4.78 is 10.8. The summed E-state index contributed by atoms with van der Waals surface area (Å²) in [5.74, 6) is 0.0303. The monoisotopic (exact) mass is 264 g/mol. The third kappa shape index (κ3) is 4.10. The van der Waals surface area contributed by atoms with Gasteiger partial charge >= 0.3 is 0 Å². The van der Waals surface area contributed by atoms with E-state index in [1.54, 1.807) is 0 Å². The van der Waals surface area contributed by atoms with E-state index in [0.717, 1.165) is 26.0 Å². The summed E-state index contributed by atoms with van der Waals surface area (Å²) in [7, 11) is 0. The first kappa shape index (κ1) is 14.7. The number of carbonyl (C=O) groups excluding carboxylic acids is 1. The van der Waals surface area contributed by atoms with Gasteiger partial charge in [0.1, 0.15) is 6.04 Å². The smallest absolute Gasteiger partial charge is 0.240 e. The van der Waals surface area contributed by atoms with Crippen molar-refractivity contribution in [3.8, 4) is 0 Å². The first-order valence-electron chi connectivity index (χ1n) is 6.00. The molecule has 0 aromatic carbocycles. The molecule has 6 heteroatoms. The number of halogens is 1. The van der Waals surface area contributed by atoms with E-state index in [9.17, 15) is 4.79 Å². The first-order chi connectivity index (χ1) is 7.77. The quantitative estimate of drug-likeness (QED) is 0.742. The standard InChI is InChI=1S/C11H20N2O3.ClH/c1-8-10(12-4-6-16-8)11(14)13-9-3-2-5-15-7-9;/h8-10,12H,2-7H2,1H3,(H,13,14);1H/t8-,9?,10+;/m1./s1. The van der Waals surface area contributed by atoms with Crippen molar-refractivity contribution >= 4 is 18.3 Å². The molecule has 2 rings (SSSR count). The number of hydrogen-bond donors (Lipinski definition) is 2. The molecule has 5 nitrogen and oxygen atoms in total. The Morgan fingerprint density at radius 2 is 2.24 bits per heavy atom. The summed E-state index contributed by atoms with van der Waals surface area (Å²) in [6, 6.07) is -0.0622. The lowest BCUT2D eigenvalue weighted by molar-refractivity contribution is -0.130. The van der Waals surface area contributed by atoms with Crippen LogP contribution in [0.1, 0.15) is 19.8 Å². The molecule has 3 atom stereocenters. The second-order valence-electron chi connectivity index (χ2n) is 4.43. The molecular weight excluding hydrogens is 244 g/mol. The molecule has 2 heterocycles. The van der Waals surface area contributed by atoms with E-state index in [0.29, 0.717) is 13.2 Å². The number of carbonyl (C=O) groups is 1. The molecule has 2 saturated heterocycles. The van der Waals surface area contributed by atoms with Crippen molar-refractivity contribution in [1.29, 1.82) is 0 Å². The molecule has 1 unspecified atom stereocenters. The van der Waals surface area contributed by atoms with Crippen molar-refractivity contribution in [3.05, 3.63) is 0 Å². The van der Waals surface area contributed by atoms with E-state index in [1.807, 2.05) is 6.92 Å². The lowest BCUT2D eigenvalue weighted by Gasteiger charge is -2.31. The summed E-state index contributed by atoms with van der Waals surface area (Å²) >= 11 is 0. The third-order valence-electron chi connectivity index (χ3n) is 3.11. The van der Waals surface area contributed by atoms with Crippen LogP contribution >= 0.6 is 12.4 Å². The Balaban J connectivity index is 0.00000144. The fourth-order valence-electron chi connectivity index (χ4n) is 2.17. The van der Waals surface area contributed by atoms with Crippen LogP contribution in [-0.2, 0) is 14.3 Å². The van der Waals surface area contributed by atoms with Crippen LogP contribution in [0, 0.1) is 0 Å². The van der Waals surface area contributed by atoms with Gasteiger partial charge in [-0.05, 0) is 19.8 Å². The predicted molar refractivity (Wildman–Crippen MR) is 66.4 cm³/mol.